The van der Waals surface area contributed by atoms with Gasteiger partial charge in [-0.1, -0.05) is 6.07 Å². The number of aromatic nitrogens is 1. The van der Waals surface area contributed by atoms with Crippen LogP contribution in [0, 0.1) is 6.92 Å². The highest BCUT2D eigenvalue weighted by atomic mass is 16.3. The Labute approximate surface area is 114 Å². The second-order valence-corrected chi connectivity index (χ2v) is 4.57. The number of carbonyl (C=O) groups is 1. The molecule has 0 aliphatic carbocycles. The van der Waals surface area contributed by atoms with Crippen LogP contribution in [0.5, 0.6) is 0 Å². The molecule has 0 saturated heterocycles. The molecule has 3 aromatic rings. The molecule has 0 bridgehead atoms. The maximum atomic E-state index is 12.4. The van der Waals surface area contributed by atoms with Gasteiger partial charge in [0, 0.05) is 11.3 Å². The summed E-state index contributed by atoms with van der Waals surface area (Å²) in [6.07, 6.45) is 1.39. The van der Waals surface area contributed by atoms with Gasteiger partial charge in [0.25, 0.3) is 5.56 Å². The van der Waals surface area contributed by atoms with Crippen molar-refractivity contribution in [3.05, 3.63) is 64.3 Å². The Bertz CT molecular complexity index is 861. The summed E-state index contributed by atoms with van der Waals surface area (Å²) < 4.78 is 6.18. The lowest BCUT2D eigenvalue weighted by Gasteiger charge is -2.09. The van der Waals surface area contributed by atoms with Crippen LogP contribution in [0.1, 0.15) is 16.1 Å². The van der Waals surface area contributed by atoms with E-state index < -0.39 is 5.91 Å². The molecule has 0 saturated carbocycles. The van der Waals surface area contributed by atoms with Crippen molar-refractivity contribution in [2.75, 3.05) is 5.73 Å². The van der Waals surface area contributed by atoms with Gasteiger partial charge in [-0.15, -0.1) is 0 Å². The summed E-state index contributed by atoms with van der Waals surface area (Å²) >= 11 is 0. The quantitative estimate of drug-likeness (QED) is 0.686. The minimum absolute atomic E-state index is 0.112. The minimum atomic E-state index is -0.501. The third kappa shape index (κ3) is 1.80. The first-order valence-corrected chi connectivity index (χ1v) is 6.08. The Balaban J connectivity index is 2.38. The number of nitrogens with zero attached hydrogens (tertiary/aromatic N) is 1. The van der Waals surface area contributed by atoms with E-state index in [1.54, 1.807) is 37.3 Å². The second kappa shape index (κ2) is 4.38. The largest absolute Gasteiger partial charge is 0.459 e. The van der Waals surface area contributed by atoms with E-state index in [1.165, 1.54) is 12.3 Å². The number of benzene rings is 1. The van der Waals surface area contributed by atoms with Gasteiger partial charge >= 0.3 is 5.91 Å². The van der Waals surface area contributed by atoms with Gasteiger partial charge in [0.05, 0.1) is 11.8 Å². The molecule has 2 heterocycles. The van der Waals surface area contributed by atoms with Crippen LogP contribution in [0.3, 0.4) is 0 Å². The van der Waals surface area contributed by atoms with E-state index in [0.717, 1.165) is 9.95 Å². The number of hydrogen-bond acceptors (Lipinski definition) is 4. The van der Waals surface area contributed by atoms with Gasteiger partial charge in [0.15, 0.2) is 5.76 Å². The fourth-order valence-corrected chi connectivity index (χ4v) is 2.17. The predicted octanol–water partition coefficient (Wildman–Crippen LogP) is 2.17. The number of nitrogen functional groups attached to an aromatic ring is 1. The van der Waals surface area contributed by atoms with E-state index in [4.69, 9.17) is 10.2 Å². The van der Waals surface area contributed by atoms with Crippen molar-refractivity contribution in [2.24, 2.45) is 0 Å². The van der Waals surface area contributed by atoms with Crippen molar-refractivity contribution in [2.45, 2.75) is 6.92 Å². The van der Waals surface area contributed by atoms with Gasteiger partial charge in [0.1, 0.15) is 0 Å². The van der Waals surface area contributed by atoms with Crippen molar-refractivity contribution in [3.8, 4) is 0 Å². The fraction of sp³-hybridized carbons (Fsp3) is 0.0667. The van der Waals surface area contributed by atoms with Crippen molar-refractivity contribution in [1.82, 2.24) is 4.57 Å². The molecule has 0 fully saturated rings. The molecule has 5 heteroatoms. The van der Waals surface area contributed by atoms with Gasteiger partial charge in [-0.3, -0.25) is 9.59 Å². The smallest absolute Gasteiger partial charge is 0.301 e. The molecule has 3 rings (SSSR count). The monoisotopic (exact) mass is 268 g/mol. The maximum absolute atomic E-state index is 12.4. The zero-order chi connectivity index (χ0) is 14.3. The Kier molecular flexibility index (Phi) is 2.68. The van der Waals surface area contributed by atoms with Gasteiger partial charge in [-0.25, -0.2) is 4.57 Å². The number of hydrogen-bond donors (Lipinski definition) is 1. The fourth-order valence-electron chi connectivity index (χ4n) is 2.17. The highest BCUT2D eigenvalue weighted by molar-refractivity contribution is 6.00. The number of nitrogens with two attached hydrogens (primary N) is 1. The Morgan fingerprint density at radius 1 is 1.25 bits per heavy atom. The van der Waals surface area contributed by atoms with E-state index >= 15 is 0 Å². The summed E-state index contributed by atoms with van der Waals surface area (Å²) in [5.41, 5.74) is 6.83. The first-order valence-electron chi connectivity index (χ1n) is 6.08. The predicted molar refractivity (Wildman–Crippen MR) is 75.8 cm³/mol. The van der Waals surface area contributed by atoms with E-state index in [9.17, 15) is 9.59 Å². The summed E-state index contributed by atoms with van der Waals surface area (Å²) in [5.74, 6) is -0.388. The first-order chi connectivity index (χ1) is 9.58. The van der Waals surface area contributed by atoms with E-state index in [0.29, 0.717) is 16.8 Å². The number of pyridine rings is 1. The van der Waals surface area contributed by atoms with Gasteiger partial charge in [-0.05, 0) is 42.6 Å². The van der Waals surface area contributed by atoms with Crippen LogP contribution in [0.4, 0.5) is 5.69 Å². The number of anilines is 1. The molecule has 5 nitrogen and oxygen atoms in total. The standard InChI is InChI=1S/C15H12N2O3/c1-9-7-10-4-5-11(16)8-12(10)17(14(9)18)15(19)13-3-2-6-20-13/h2-8H,16H2,1H3. The summed E-state index contributed by atoms with van der Waals surface area (Å²) in [7, 11) is 0. The van der Waals surface area contributed by atoms with Crippen LogP contribution in [-0.2, 0) is 0 Å². The number of carbonyl (C=O) groups excluding carboxylic acids is 1. The SMILES string of the molecule is Cc1cc2ccc(N)cc2n(C(=O)c2ccco2)c1=O. The maximum Gasteiger partial charge on any atom is 0.301 e. The average molecular weight is 268 g/mol. The number of furan rings is 1. The van der Waals surface area contributed by atoms with Crippen LogP contribution >= 0.6 is 0 Å². The van der Waals surface area contributed by atoms with Crippen LogP contribution in [0.15, 0.2) is 51.9 Å². The molecule has 2 N–H and O–H groups in total. The summed E-state index contributed by atoms with van der Waals surface area (Å²) in [5, 5.41) is 0.774. The van der Waals surface area contributed by atoms with Crippen molar-refractivity contribution in [3.63, 3.8) is 0 Å². The molecule has 0 unspecified atom stereocenters. The minimum Gasteiger partial charge on any atom is -0.459 e. The molecule has 0 amide bonds. The molecule has 0 radical (unpaired) electrons. The van der Waals surface area contributed by atoms with E-state index in [-0.39, 0.29) is 11.3 Å². The summed E-state index contributed by atoms with van der Waals surface area (Å²) in [6, 6.07) is 9.98. The van der Waals surface area contributed by atoms with Crippen LogP contribution in [-0.4, -0.2) is 10.5 Å². The zero-order valence-electron chi connectivity index (χ0n) is 10.8. The lowest BCUT2D eigenvalue weighted by Crippen LogP contribution is -2.29. The van der Waals surface area contributed by atoms with E-state index in [1.807, 2.05) is 0 Å². The van der Waals surface area contributed by atoms with Crippen molar-refractivity contribution in [1.29, 1.82) is 0 Å². The summed E-state index contributed by atoms with van der Waals surface area (Å²) in [4.78, 5) is 24.7. The second-order valence-electron chi connectivity index (χ2n) is 4.57. The van der Waals surface area contributed by atoms with Crippen LogP contribution in [0.25, 0.3) is 10.9 Å². The highest BCUT2D eigenvalue weighted by Gasteiger charge is 2.17. The molecule has 0 atom stereocenters. The molecule has 1 aromatic carbocycles. The Morgan fingerprint density at radius 2 is 2.05 bits per heavy atom. The number of rotatable bonds is 1. The topological polar surface area (TPSA) is 78.2 Å². The molecule has 0 aliphatic rings. The molecule has 0 spiro atoms. The van der Waals surface area contributed by atoms with E-state index in [2.05, 4.69) is 0 Å². The van der Waals surface area contributed by atoms with Crippen LogP contribution in [0.2, 0.25) is 0 Å². The van der Waals surface area contributed by atoms with Gasteiger partial charge in [-0.2, -0.15) is 0 Å². The molecule has 2 aromatic heterocycles. The summed E-state index contributed by atoms with van der Waals surface area (Å²) in [6.45, 7) is 1.67. The normalized spacial score (nSPS) is 10.8. The van der Waals surface area contributed by atoms with Crippen molar-refractivity contribution >= 4 is 22.5 Å². The third-order valence-corrected chi connectivity index (χ3v) is 3.14. The van der Waals surface area contributed by atoms with Crippen LogP contribution < -0.4 is 11.3 Å². The Morgan fingerprint density at radius 3 is 2.75 bits per heavy atom. The number of fused-ring (bicyclic) bond motifs is 1. The van der Waals surface area contributed by atoms with Gasteiger partial charge < -0.3 is 10.2 Å². The third-order valence-electron chi connectivity index (χ3n) is 3.14. The molecule has 100 valence electrons. The molecule has 20 heavy (non-hydrogen) atoms. The highest BCUT2D eigenvalue weighted by Crippen LogP contribution is 2.18. The lowest BCUT2D eigenvalue weighted by molar-refractivity contribution is 0.0933. The molecule has 0 aliphatic heterocycles. The number of aryl methyl sites for hydroxylation is 1. The first kappa shape index (κ1) is 12.2. The Hall–Kier alpha value is -2.82. The lowest BCUT2D eigenvalue weighted by atomic mass is 10.1. The van der Waals surface area contributed by atoms with Crippen molar-refractivity contribution < 1.29 is 9.21 Å². The zero-order valence-corrected chi connectivity index (χ0v) is 10.8. The molecular formula is C15H12N2O3. The van der Waals surface area contributed by atoms with Gasteiger partial charge in [0.2, 0.25) is 0 Å². The molecular weight excluding hydrogens is 256 g/mol. The average Bonchev–Trinajstić information content (AvgIpc) is 2.94.